The summed E-state index contributed by atoms with van der Waals surface area (Å²) in [7, 11) is 0. The predicted octanol–water partition coefficient (Wildman–Crippen LogP) is 3.07. The number of nitrogens with zero attached hydrogens (tertiary/aromatic N) is 2. The third kappa shape index (κ3) is 2.75. The molecule has 0 spiro atoms. The molecule has 6 heteroatoms. The van der Waals surface area contributed by atoms with Crippen molar-refractivity contribution in [3.8, 4) is 5.75 Å². The molecule has 22 heavy (non-hydrogen) atoms. The van der Waals surface area contributed by atoms with Crippen LogP contribution in [0.15, 0.2) is 16.5 Å². The summed E-state index contributed by atoms with van der Waals surface area (Å²) >= 11 is 6.19. The normalized spacial score (nSPS) is 22.3. The maximum absolute atomic E-state index is 6.19. The van der Waals surface area contributed by atoms with E-state index in [0.29, 0.717) is 34.3 Å². The average Bonchev–Trinajstić information content (AvgIpc) is 3.23. The Morgan fingerprint density at radius 1 is 1.45 bits per heavy atom. The number of hydrogen-bond acceptors (Lipinski definition) is 5. The summed E-state index contributed by atoms with van der Waals surface area (Å²) in [6, 6.07) is 4.67. The second kappa shape index (κ2) is 5.63. The molecule has 1 aromatic heterocycles. The predicted molar refractivity (Wildman–Crippen MR) is 86.9 cm³/mol. The van der Waals surface area contributed by atoms with Gasteiger partial charge in [0.25, 0.3) is 6.01 Å². The van der Waals surface area contributed by atoms with Crippen LogP contribution in [0.2, 0.25) is 5.02 Å². The van der Waals surface area contributed by atoms with Crippen molar-refractivity contribution in [2.45, 2.75) is 25.8 Å². The minimum Gasteiger partial charge on any atom is -0.489 e. The lowest BCUT2D eigenvalue weighted by molar-refractivity contribution is 0.299. The maximum atomic E-state index is 6.19. The van der Waals surface area contributed by atoms with E-state index in [2.05, 4.69) is 22.1 Å². The van der Waals surface area contributed by atoms with Crippen LogP contribution in [-0.2, 0) is 0 Å². The Balaban J connectivity index is 1.67. The van der Waals surface area contributed by atoms with E-state index < -0.39 is 0 Å². The Hall–Kier alpha value is -1.46. The van der Waals surface area contributed by atoms with Crippen LogP contribution in [0.3, 0.4) is 0 Å². The number of hydrogen-bond donors (Lipinski definition) is 1. The molecular formula is C16H20ClN3O2. The van der Waals surface area contributed by atoms with Gasteiger partial charge in [0, 0.05) is 36.8 Å². The minimum atomic E-state index is 0.355. The van der Waals surface area contributed by atoms with Crippen molar-refractivity contribution in [1.82, 2.24) is 10.3 Å². The first-order chi connectivity index (χ1) is 10.7. The SMILES string of the molecule is C[C@H]1CNCCN1c1nc2cc(Cl)cc(OCC3CC3)c2o1. The Kier molecular flexibility index (Phi) is 3.62. The summed E-state index contributed by atoms with van der Waals surface area (Å²) in [5.41, 5.74) is 1.46. The lowest BCUT2D eigenvalue weighted by atomic mass is 10.2. The molecule has 1 aliphatic carbocycles. The molecule has 0 bridgehead atoms. The maximum Gasteiger partial charge on any atom is 0.298 e. The quantitative estimate of drug-likeness (QED) is 0.938. The molecule has 2 heterocycles. The van der Waals surface area contributed by atoms with Crippen LogP contribution in [0, 0.1) is 5.92 Å². The van der Waals surface area contributed by atoms with Crippen LogP contribution < -0.4 is 15.0 Å². The van der Waals surface area contributed by atoms with Crippen molar-refractivity contribution >= 4 is 28.7 Å². The number of ether oxygens (including phenoxy) is 1. The van der Waals surface area contributed by atoms with Crippen molar-refractivity contribution in [2.24, 2.45) is 5.92 Å². The van der Waals surface area contributed by atoms with Gasteiger partial charge >= 0.3 is 0 Å². The average molecular weight is 322 g/mol. The molecule has 1 N–H and O–H groups in total. The molecule has 118 valence electrons. The highest BCUT2D eigenvalue weighted by Gasteiger charge is 2.25. The van der Waals surface area contributed by atoms with Gasteiger partial charge in [-0.2, -0.15) is 4.98 Å². The molecular weight excluding hydrogens is 302 g/mol. The molecule has 1 aliphatic heterocycles. The summed E-state index contributed by atoms with van der Waals surface area (Å²) in [4.78, 5) is 6.81. The van der Waals surface area contributed by atoms with Crippen molar-refractivity contribution < 1.29 is 9.15 Å². The van der Waals surface area contributed by atoms with Gasteiger partial charge in [0.05, 0.1) is 6.61 Å². The molecule has 1 aromatic carbocycles. The highest BCUT2D eigenvalue weighted by molar-refractivity contribution is 6.31. The fraction of sp³-hybridized carbons (Fsp3) is 0.562. The third-order valence-electron chi connectivity index (χ3n) is 4.33. The first-order valence-corrected chi connectivity index (χ1v) is 8.29. The largest absolute Gasteiger partial charge is 0.489 e. The van der Waals surface area contributed by atoms with Gasteiger partial charge in [-0.25, -0.2) is 0 Å². The van der Waals surface area contributed by atoms with Gasteiger partial charge < -0.3 is 19.4 Å². The van der Waals surface area contributed by atoms with Gasteiger partial charge in [-0.1, -0.05) is 11.6 Å². The van der Waals surface area contributed by atoms with Crippen LogP contribution in [-0.4, -0.2) is 37.3 Å². The zero-order chi connectivity index (χ0) is 15.1. The van der Waals surface area contributed by atoms with E-state index in [1.165, 1.54) is 12.8 Å². The Morgan fingerprint density at radius 3 is 3.09 bits per heavy atom. The van der Waals surface area contributed by atoms with E-state index in [-0.39, 0.29) is 0 Å². The highest BCUT2D eigenvalue weighted by Crippen LogP contribution is 2.36. The van der Waals surface area contributed by atoms with E-state index in [4.69, 9.17) is 20.8 Å². The number of halogens is 1. The Morgan fingerprint density at radius 2 is 2.32 bits per heavy atom. The zero-order valence-electron chi connectivity index (χ0n) is 12.6. The number of nitrogens with one attached hydrogen (secondary N) is 1. The first kappa shape index (κ1) is 14.2. The number of rotatable bonds is 4. The van der Waals surface area contributed by atoms with Crippen molar-refractivity contribution in [2.75, 3.05) is 31.1 Å². The standard InChI is InChI=1S/C16H20ClN3O2/c1-10-8-18-4-5-20(10)16-19-13-6-12(17)7-14(15(13)22-16)21-9-11-2-3-11/h6-7,10-11,18H,2-5,8-9H2,1H3/t10-/m0/s1. The number of fused-ring (bicyclic) bond motifs is 1. The molecule has 1 saturated heterocycles. The Labute approximate surface area is 134 Å². The van der Waals surface area contributed by atoms with E-state index in [9.17, 15) is 0 Å². The van der Waals surface area contributed by atoms with Crippen LogP contribution in [0.5, 0.6) is 5.75 Å². The van der Waals surface area contributed by atoms with Crippen LogP contribution in [0.4, 0.5) is 6.01 Å². The molecule has 2 aromatic rings. The number of oxazole rings is 1. The lowest BCUT2D eigenvalue weighted by Crippen LogP contribution is -2.50. The number of piperazine rings is 1. The summed E-state index contributed by atoms with van der Waals surface area (Å²) in [5, 5.41) is 4.00. The highest BCUT2D eigenvalue weighted by atomic mass is 35.5. The van der Waals surface area contributed by atoms with Crippen molar-refractivity contribution in [3.05, 3.63) is 17.2 Å². The fourth-order valence-electron chi connectivity index (χ4n) is 2.81. The van der Waals surface area contributed by atoms with Gasteiger partial charge in [0.1, 0.15) is 5.52 Å². The molecule has 5 nitrogen and oxygen atoms in total. The van der Waals surface area contributed by atoms with Crippen LogP contribution in [0.1, 0.15) is 19.8 Å². The molecule has 1 saturated carbocycles. The molecule has 0 unspecified atom stereocenters. The fourth-order valence-corrected chi connectivity index (χ4v) is 3.01. The molecule has 0 radical (unpaired) electrons. The molecule has 4 rings (SSSR count). The number of benzene rings is 1. The topological polar surface area (TPSA) is 50.5 Å². The van der Waals surface area contributed by atoms with Gasteiger partial charge in [0.2, 0.25) is 0 Å². The minimum absolute atomic E-state index is 0.355. The summed E-state index contributed by atoms with van der Waals surface area (Å²) in [5.74, 6) is 1.39. The van der Waals surface area contributed by atoms with Crippen LogP contribution in [0.25, 0.3) is 11.1 Å². The number of aromatic nitrogens is 1. The van der Waals surface area contributed by atoms with Crippen molar-refractivity contribution in [3.63, 3.8) is 0 Å². The first-order valence-electron chi connectivity index (χ1n) is 7.91. The lowest BCUT2D eigenvalue weighted by Gasteiger charge is -2.32. The Bertz CT molecular complexity index is 683. The smallest absolute Gasteiger partial charge is 0.298 e. The number of anilines is 1. The van der Waals surface area contributed by atoms with Gasteiger partial charge in [-0.3, -0.25) is 0 Å². The molecule has 2 fully saturated rings. The van der Waals surface area contributed by atoms with Crippen LogP contribution >= 0.6 is 11.6 Å². The summed E-state index contributed by atoms with van der Waals surface area (Å²) in [6.07, 6.45) is 2.51. The monoisotopic (exact) mass is 321 g/mol. The molecule has 1 atom stereocenters. The van der Waals surface area contributed by atoms with E-state index in [1.807, 2.05) is 12.1 Å². The third-order valence-corrected chi connectivity index (χ3v) is 4.55. The van der Waals surface area contributed by atoms with E-state index in [0.717, 1.165) is 31.8 Å². The van der Waals surface area contributed by atoms with Gasteiger partial charge in [-0.15, -0.1) is 0 Å². The van der Waals surface area contributed by atoms with E-state index in [1.54, 1.807) is 0 Å². The molecule has 2 aliphatic rings. The second-order valence-electron chi connectivity index (χ2n) is 6.25. The van der Waals surface area contributed by atoms with E-state index >= 15 is 0 Å². The van der Waals surface area contributed by atoms with Gasteiger partial charge in [0.15, 0.2) is 11.3 Å². The second-order valence-corrected chi connectivity index (χ2v) is 6.69. The summed E-state index contributed by atoms with van der Waals surface area (Å²) < 4.78 is 11.9. The zero-order valence-corrected chi connectivity index (χ0v) is 13.4. The van der Waals surface area contributed by atoms with Gasteiger partial charge in [-0.05, 0) is 31.7 Å². The summed E-state index contributed by atoms with van der Waals surface area (Å²) in [6.45, 7) is 5.66. The molecule has 0 amide bonds. The van der Waals surface area contributed by atoms with Crippen molar-refractivity contribution in [1.29, 1.82) is 0 Å².